The minimum absolute atomic E-state index is 0.357. The fourth-order valence-corrected chi connectivity index (χ4v) is 1.80. The number of aliphatic carboxylic acids is 1. The lowest BCUT2D eigenvalue weighted by molar-refractivity contribution is -0.135. The zero-order chi connectivity index (χ0) is 11.7. The van der Waals surface area contributed by atoms with Gasteiger partial charge in [-0.1, -0.05) is 18.2 Å². The average Bonchev–Trinajstić information content (AvgIpc) is 2.56. The molecule has 2 aromatic rings. The molecule has 0 amide bonds. The predicted octanol–water partition coefficient (Wildman–Crippen LogP) is 1.84. The first kappa shape index (κ1) is 10.4. The Morgan fingerprint density at radius 3 is 2.69 bits per heavy atom. The van der Waals surface area contributed by atoms with E-state index in [1.807, 2.05) is 35.9 Å². The first-order valence-corrected chi connectivity index (χ1v) is 4.88. The average molecular weight is 217 g/mol. The molecule has 0 aliphatic carbocycles. The molecule has 0 aliphatic rings. The van der Waals surface area contributed by atoms with Crippen LogP contribution in [0.2, 0.25) is 0 Å². The number of aryl methyl sites for hydroxylation is 1. The number of carboxylic acid groups (broad SMARTS) is 1. The van der Waals surface area contributed by atoms with Crippen molar-refractivity contribution in [3.8, 4) is 0 Å². The van der Waals surface area contributed by atoms with Gasteiger partial charge in [0.1, 0.15) is 6.42 Å². The van der Waals surface area contributed by atoms with Crippen LogP contribution in [0, 0.1) is 0 Å². The predicted molar refractivity (Wildman–Crippen MR) is 59.5 cm³/mol. The van der Waals surface area contributed by atoms with Crippen molar-refractivity contribution in [1.82, 2.24) is 4.57 Å². The third-order valence-electron chi connectivity index (χ3n) is 2.51. The maximum Gasteiger partial charge on any atom is 0.311 e. The van der Waals surface area contributed by atoms with Gasteiger partial charge < -0.3 is 9.67 Å². The molecule has 0 unspecified atom stereocenters. The molecular weight excluding hydrogens is 206 g/mol. The van der Waals surface area contributed by atoms with Crippen LogP contribution in [0.5, 0.6) is 0 Å². The molecule has 0 aliphatic heterocycles. The van der Waals surface area contributed by atoms with E-state index in [1.165, 1.54) is 0 Å². The van der Waals surface area contributed by atoms with Gasteiger partial charge in [-0.25, -0.2) is 0 Å². The van der Waals surface area contributed by atoms with Crippen molar-refractivity contribution in [1.29, 1.82) is 0 Å². The molecule has 1 heterocycles. The quantitative estimate of drug-likeness (QED) is 0.630. The molecule has 1 N–H and O–H groups in total. The molecule has 82 valence electrons. The maximum absolute atomic E-state index is 11.7. The largest absolute Gasteiger partial charge is 0.481 e. The Balaban J connectivity index is 2.53. The third kappa shape index (κ3) is 1.69. The van der Waals surface area contributed by atoms with Gasteiger partial charge in [-0.15, -0.1) is 0 Å². The Bertz CT molecular complexity index is 569. The highest BCUT2D eigenvalue weighted by molar-refractivity contribution is 6.13. The highest BCUT2D eigenvalue weighted by atomic mass is 16.4. The summed E-state index contributed by atoms with van der Waals surface area (Å²) in [6.07, 6.45) is 1.21. The van der Waals surface area contributed by atoms with Crippen LogP contribution in [0.1, 0.15) is 16.8 Å². The number of hydrogen-bond donors (Lipinski definition) is 1. The van der Waals surface area contributed by atoms with Crippen LogP contribution in [0.4, 0.5) is 0 Å². The molecule has 2 rings (SSSR count). The minimum Gasteiger partial charge on any atom is -0.481 e. The summed E-state index contributed by atoms with van der Waals surface area (Å²) in [6, 6.07) is 7.44. The second-order valence-electron chi connectivity index (χ2n) is 3.66. The molecule has 16 heavy (non-hydrogen) atoms. The second-order valence-corrected chi connectivity index (χ2v) is 3.66. The monoisotopic (exact) mass is 217 g/mol. The van der Waals surface area contributed by atoms with Crippen molar-refractivity contribution in [3.05, 3.63) is 36.0 Å². The number of carbonyl (C=O) groups is 2. The minimum atomic E-state index is -1.10. The van der Waals surface area contributed by atoms with E-state index in [-0.39, 0.29) is 5.78 Å². The SMILES string of the molecule is Cn1cc(C(=O)CC(=O)O)c2ccccc21. The Kier molecular flexibility index (Phi) is 2.48. The van der Waals surface area contributed by atoms with Crippen molar-refractivity contribution in [2.45, 2.75) is 6.42 Å². The summed E-state index contributed by atoms with van der Waals surface area (Å²) >= 11 is 0. The number of para-hydroxylation sites is 1. The molecule has 0 spiro atoms. The fraction of sp³-hybridized carbons (Fsp3) is 0.167. The highest BCUT2D eigenvalue weighted by Gasteiger charge is 2.15. The summed E-state index contributed by atoms with van der Waals surface area (Å²) in [6.45, 7) is 0. The van der Waals surface area contributed by atoms with E-state index < -0.39 is 12.4 Å². The molecule has 0 radical (unpaired) electrons. The lowest BCUT2D eigenvalue weighted by Crippen LogP contribution is -2.06. The normalized spacial score (nSPS) is 10.6. The second kappa shape index (κ2) is 3.81. The van der Waals surface area contributed by atoms with Gasteiger partial charge in [0.25, 0.3) is 0 Å². The summed E-state index contributed by atoms with van der Waals surface area (Å²) in [7, 11) is 1.83. The number of carboxylic acids is 1. The van der Waals surface area contributed by atoms with Crippen LogP contribution >= 0.6 is 0 Å². The van der Waals surface area contributed by atoms with Crippen LogP contribution in [0.3, 0.4) is 0 Å². The molecule has 0 saturated heterocycles. The van der Waals surface area contributed by atoms with Gasteiger partial charge in [0.15, 0.2) is 5.78 Å². The standard InChI is InChI=1S/C12H11NO3/c1-13-7-9(11(14)6-12(15)16)8-4-2-3-5-10(8)13/h2-5,7H,6H2,1H3,(H,15,16). The third-order valence-corrected chi connectivity index (χ3v) is 2.51. The number of benzene rings is 1. The van der Waals surface area contributed by atoms with Crippen molar-refractivity contribution >= 4 is 22.7 Å². The van der Waals surface area contributed by atoms with Crippen LogP contribution in [0.15, 0.2) is 30.5 Å². The molecule has 4 heteroatoms. The van der Waals surface area contributed by atoms with Crippen LogP contribution < -0.4 is 0 Å². The van der Waals surface area contributed by atoms with Gasteiger partial charge in [-0.2, -0.15) is 0 Å². The number of rotatable bonds is 3. The number of hydrogen-bond acceptors (Lipinski definition) is 2. The molecule has 0 fully saturated rings. The number of Topliss-reactive ketones (excluding diaryl/α,β-unsaturated/α-hetero) is 1. The number of aromatic nitrogens is 1. The molecule has 0 bridgehead atoms. The number of nitrogens with zero attached hydrogens (tertiary/aromatic N) is 1. The number of fused-ring (bicyclic) bond motifs is 1. The number of carbonyl (C=O) groups excluding carboxylic acids is 1. The molecule has 1 aromatic carbocycles. The van der Waals surface area contributed by atoms with E-state index >= 15 is 0 Å². The highest BCUT2D eigenvalue weighted by Crippen LogP contribution is 2.21. The van der Waals surface area contributed by atoms with E-state index in [9.17, 15) is 9.59 Å². The maximum atomic E-state index is 11.7. The fourth-order valence-electron chi connectivity index (χ4n) is 1.80. The zero-order valence-corrected chi connectivity index (χ0v) is 8.80. The van der Waals surface area contributed by atoms with Crippen LogP contribution in [-0.2, 0) is 11.8 Å². The Morgan fingerprint density at radius 2 is 2.00 bits per heavy atom. The van der Waals surface area contributed by atoms with Gasteiger partial charge in [0.05, 0.1) is 0 Å². The van der Waals surface area contributed by atoms with Crippen LogP contribution in [0.25, 0.3) is 10.9 Å². The van der Waals surface area contributed by atoms with Crippen molar-refractivity contribution in [2.75, 3.05) is 0 Å². The van der Waals surface area contributed by atoms with E-state index in [1.54, 1.807) is 6.20 Å². The van der Waals surface area contributed by atoms with Gasteiger partial charge in [-0.3, -0.25) is 9.59 Å². The summed E-state index contributed by atoms with van der Waals surface area (Å²) in [5.41, 5.74) is 1.40. The van der Waals surface area contributed by atoms with Crippen LogP contribution in [-0.4, -0.2) is 21.4 Å². The summed E-state index contributed by atoms with van der Waals surface area (Å²) < 4.78 is 1.82. The summed E-state index contributed by atoms with van der Waals surface area (Å²) in [5.74, 6) is -1.46. The molecule has 0 saturated carbocycles. The lowest BCUT2D eigenvalue weighted by atomic mass is 10.1. The Morgan fingerprint density at radius 1 is 1.31 bits per heavy atom. The molecule has 4 nitrogen and oxygen atoms in total. The number of ketones is 1. The van der Waals surface area contributed by atoms with E-state index in [2.05, 4.69) is 0 Å². The molecule has 0 atom stereocenters. The summed E-state index contributed by atoms with van der Waals surface area (Å²) in [5, 5.41) is 9.40. The van der Waals surface area contributed by atoms with Gasteiger partial charge >= 0.3 is 5.97 Å². The van der Waals surface area contributed by atoms with Gasteiger partial charge in [0, 0.05) is 29.7 Å². The summed E-state index contributed by atoms with van der Waals surface area (Å²) in [4.78, 5) is 22.2. The van der Waals surface area contributed by atoms with E-state index in [0.717, 1.165) is 10.9 Å². The first-order chi connectivity index (χ1) is 7.59. The molecular formula is C12H11NO3. The zero-order valence-electron chi connectivity index (χ0n) is 8.80. The molecule has 1 aromatic heterocycles. The van der Waals surface area contributed by atoms with Gasteiger partial charge in [0.2, 0.25) is 0 Å². The Labute approximate surface area is 92.1 Å². The van der Waals surface area contributed by atoms with Crippen molar-refractivity contribution in [3.63, 3.8) is 0 Å². The van der Waals surface area contributed by atoms with E-state index in [4.69, 9.17) is 5.11 Å². The van der Waals surface area contributed by atoms with E-state index in [0.29, 0.717) is 5.56 Å². The lowest BCUT2D eigenvalue weighted by Gasteiger charge is -1.95. The smallest absolute Gasteiger partial charge is 0.311 e. The van der Waals surface area contributed by atoms with Crippen molar-refractivity contribution < 1.29 is 14.7 Å². The van der Waals surface area contributed by atoms with Crippen molar-refractivity contribution in [2.24, 2.45) is 7.05 Å². The first-order valence-electron chi connectivity index (χ1n) is 4.88. The Hall–Kier alpha value is -2.10. The topological polar surface area (TPSA) is 59.3 Å². The van der Waals surface area contributed by atoms with Gasteiger partial charge in [-0.05, 0) is 6.07 Å².